The third-order valence-electron chi connectivity index (χ3n) is 4.68. The molecule has 0 aromatic heterocycles. The van der Waals surface area contributed by atoms with E-state index < -0.39 is 5.97 Å². The molecule has 4 aliphatic rings. The molecule has 4 rings (SSSR count). The fourth-order valence-electron chi connectivity index (χ4n) is 4.81. The molecule has 0 heterocycles. The standard InChI is InChI=1S/C12H18O2.Li/c13-11(14)7-12-4-8-1-9(5-12)3-10(2-8)6-12;/h8-10H,1-7H2,(H,13,14);/q;+1/p-1. The van der Waals surface area contributed by atoms with Gasteiger partial charge in [0, 0.05) is 5.97 Å². The largest absolute Gasteiger partial charge is 1.00 e. The molecule has 0 unspecified atom stereocenters. The molecule has 0 amide bonds. The van der Waals surface area contributed by atoms with Crippen molar-refractivity contribution >= 4 is 5.97 Å². The van der Waals surface area contributed by atoms with Crippen LogP contribution in [0.15, 0.2) is 0 Å². The quantitative estimate of drug-likeness (QED) is 0.501. The summed E-state index contributed by atoms with van der Waals surface area (Å²) in [4.78, 5) is 10.8. The van der Waals surface area contributed by atoms with Crippen molar-refractivity contribution in [3.63, 3.8) is 0 Å². The van der Waals surface area contributed by atoms with E-state index in [9.17, 15) is 9.90 Å². The molecule has 15 heavy (non-hydrogen) atoms. The summed E-state index contributed by atoms with van der Waals surface area (Å²) in [6, 6.07) is 0. The van der Waals surface area contributed by atoms with E-state index in [1.165, 1.54) is 38.5 Å². The van der Waals surface area contributed by atoms with Crippen molar-refractivity contribution in [2.45, 2.75) is 44.9 Å². The zero-order valence-electron chi connectivity index (χ0n) is 9.50. The molecule has 0 N–H and O–H groups in total. The molecule has 0 aromatic rings. The Morgan fingerprint density at radius 1 is 1.07 bits per heavy atom. The van der Waals surface area contributed by atoms with Crippen molar-refractivity contribution in [1.82, 2.24) is 0 Å². The Labute approximate surface area is 103 Å². The molecule has 0 spiro atoms. The summed E-state index contributed by atoms with van der Waals surface area (Å²) in [7, 11) is 0. The first-order valence-electron chi connectivity index (χ1n) is 5.85. The van der Waals surface area contributed by atoms with Crippen molar-refractivity contribution in [3.8, 4) is 0 Å². The van der Waals surface area contributed by atoms with Crippen molar-refractivity contribution < 1.29 is 28.8 Å². The van der Waals surface area contributed by atoms with E-state index in [0.29, 0.717) is 6.42 Å². The molecule has 78 valence electrons. The van der Waals surface area contributed by atoms with Crippen LogP contribution in [0.25, 0.3) is 0 Å². The van der Waals surface area contributed by atoms with Crippen LogP contribution < -0.4 is 24.0 Å². The average molecular weight is 200 g/mol. The minimum Gasteiger partial charge on any atom is -0.550 e. The average Bonchev–Trinajstić information content (AvgIpc) is 1.96. The second-order valence-corrected chi connectivity index (χ2v) is 5.97. The molecule has 4 fully saturated rings. The maximum Gasteiger partial charge on any atom is 1.00 e. The zero-order chi connectivity index (χ0) is 9.76. The normalized spacial score (nSPS) is 46.3. The first-order valence-corrected chi connectivity index (χ1v) is 5.85. The molecule has 0 aliphatic heterocycles. The summed E-state index contributed by atoms with van der Waals surface area (Å²) in [5.74, 6) is 1.72. The number of carbonyl (C=O) groups is 1. The number of carboxylic acids is 1. The summed E-state index contributed by atoms with van der Waals surface area (Å²) in [6.07, 6.45) is 7.99. The Bertz CT molecular complexity index is 240. The Hall–Kier alpha value is 0.0674. The van der Waals surface area contributed by atoms with Crippen molar-refractivity contribution in [1.29, 1.82) is 0 Å². The number of aliphatic carboxylic acids is 1. The number of carboxylic acid groups (broad SMARTS) is 1. The summed E-state index contributed by atoms with van der Waals surface area (Å²) in [5.41, 5.74) is 0.160. The Morgan fingerprint density at radius 2 is 1.47 bits per heavy atom. The van der Waals surface area contributed by atoms with E-state index in [2.05, 4.69) is 0 Å². The van der Waals surface area contributed by atoms with Gasteiger partial charge in [-0.3, -0.25) is 0 Å². The molecule has 0 saturated heterocycles. The molecule has 4 saturated carbocycles. The first-order chi connectivity index (χ1) is 6.65. The fraction of sp³-hybridized carbons (Fsp3) is 0.917. The summed E-state index contributed by atoms with van der Waals surface area (Å²) in [5, 5.41) is 10.8. The van der Waals surface area contributed by atoms with Gasteiger partial charge in [-0.15, -0.1) is 0 Å². The fourth-order valence-corrected chi connectivity index (χ4v) is 4.81. The van der Waals surface area contributed by atoms with Crippen LogP contribution >= 0.6 is 0 Å². The molecule has 2 nitrogen and oxygen atoms in total. The minimum atomic E-state index is -0.827. The molecule has 0 radical (unpaired) electrons. The second-order valence-electron chi connectivity index (χ2n) is 5.97. The van der Waals surface area contributed by atoms with Gasteiger partial charge >= 0.3 is 18.9 Å². The van der Waals surface area contributed by atoms with Gasteiger partial charge in [-0.05, 0) is 68.1 Å². The molecule has 0 atom stereocenters. The number of carbonyl (C=O) groups excluding carboxylic acids is 1. The van der Waals surface area contributed by atoms with Crippen LogP contribution in [0.3, 0.4) is 0 Å². The number of hydrogen-bond acceptors (Lipinski definition) is 2. The third kappa shape index (κ3) is 1.99. The van der Waals surface area contributed by atoms with Gasteiger partial charge in [0.05, 0.1) is 0 Å². The second kappa shape index (κ2) is 3.82. The van der Waals surface area contributed by atoms with Gasteiger partial charge in [-0.2, -0.15) is 0 Å². The van der Waals surface area contributed by atoms with Gasteiger partial charge in [0.2, 0.25) is 0 Å². The van der Waals surface area contributed by atoms with E-state index in [1.54, 1.807) is 0 Å². The maximum absolute atomic E-state index is 10.8. The summed E-state index contributed by atoms with van der Waals surface area (Å²) in [6.45, 7) is 0. The van der Waals surface area contributed by atoms with Crippen LogP contribution in [0.5, 0.6) is 0 Å². The van der Waals surface area contributed by atoms with Crippen LogP contribution in [0.2, 0.25) is 0 Å². The van der Waals surface area contributed by atoms with E-state index in [4.69, 9.17) is 0 Å². The van der Waals surface area contributed by atoms with Crippen LogP contribution in [-0.4, -0.2) is 5.97 Å². The predicted octanol–water partition coefficient (Wildman–Crippen LogP) is -1.65. The van der Waals surface area contributed by atoms with E-state index >= 15 is 0 Å². The Kier molecular flexibility index (Phi) is 2.94. The molecule has 4 aliphatic carbocycles. The van der Waals surface area contributed by atoms with Gasteiger partial charge in [0.25, 0.3) is 0 Å². The van der Waals surface area contributed by atoms with E-state index in [-0.39, 0.29) is 24.3 Å². The van der Waals surface area contributed by atoms with Gasteiger partial charge in [0.15, 0.2) is 0 Å². The summed E-state index contributed by atoms with van der Waals surface area (Å²) < 4.78 is 0. The Balaban J connectivity index is 0.000000853. The third-order valence-corrected chi connectivity index (χ3v) is 4.68. The van der Waals surface area contributed by atoms with Crippen molar-refractivity contribution in [2.24, 2.45) is 23.2 Å². The maximum atomic E-state index is 10.8. The van der Waals surface area contributed by atoms with Crippen LogP contribution in [0.4, 0.5) is 0 Å². The number of rotatable bonds is 2. The number of hydrogen-bond donors (Lipinski definition) is 0. The zero-order valence-corrected chi connectivity index (χ0v) is 9.50. The predicted molar refractivity (Wildman–Crippen MR) is 50.2 cm³/mol. The van der Waals surface area contributed by atoms with Crippen LogP contribution in [0.1, 0.15) is 44.9 Å². The van der Waals surface area contributed by atoms with E-state index in [1.807, 2.05) is 0 Å². The topological polar surface area (TPSA) is 40.1 Å². The first kappa shape index (κ1) is 11.5. The molecular formula is C12H17LiO2. The van der Waals surface area contributed by atoms with Crippen LogP contribution in [-0.2, 0) is 4.79 Å². The Morgan fingerprint density at radius 3 is 1.80 bits per heavy atom. The van der Waals surface area contributed by atoms with Crippen molar-refractivity contribution in [2.75, 3.05) is 0 Å². The van der Waals surface area contributed by atoms with Crippen molar-refractivity contribution in [3.05, 3.63) is 0 Å². The molecular weight excluding hydrogens is 183 g/mol. The van der Waals surface area contributed by atoms with Crippen LogP contribution in [0, 0.1) is 23.2 Å². The molecule has 4 bridgehead atoms. The van der Waals surface area contributed by atoms with E-state index in [0.717, 1.165) is 17.8 Å². The SMILES string of the molecule is O=C([O-])CC12CC3CC(CC(C3)C1)C2.[Li+]. The van der Waals surface area contributed by atoms with Gasteiger partial charge < -0.3 is 9.90 Å². The van der Waals surface area contributed by atoms with Gasteiger partial charge in [-0.1, -0.05) is 0 Å². The van der Waals surface area contributed by atoms with Gasteiger partial charge in [-0.25, -0.2) is 0 Å². The molecule has 3 heteroatoms. The molecule has 0 aromatic carbocycles. The smallest absolute Gasteiger partial charge is 0.550 e. The monoisotopic (exact) mass is 200 g/mol. The minimum absolute atomic E-state index is 0. The van der Waals surface area contributed by atoms with Gasteiger partial charge in [0.1, 0.15) is 0 Å². The summed E-state index contributed by atoms with van der Waals surface area (Å²) >= 11 is 0.